The molecule has 1 aliphatic rings. The zero-order chi connectivity index (χ0) is 26.3. The Morgan fingerprint density at radius 2 is 1.27 bits per heavy atom. The maximum absolute atomic E-state index is 12.1. The van der Waals surface area contributed by atoms with Crippen LogP contribution in [-0.4, -0.2) is 19.1 Å². The van der Waals surface area contributed by atoms with E-state index in [1.165, 1.54) is 96.0 Å². The molecule has 0 amide bonds. The van der Waals surface area contributed by atoms with Crippen LogP contribution < -0.4 is 10.2 Å². The van der Waals surface area contributed by atoms with Crippen LogP contribution in [0.3, 0.4) is 0 Å². The van der Waals surface area contributed by atoms with E-state index in [-0.39, 0.29) is 11.1 Å². The standard InChI is InChI=1S/C31H48N2O3S/c1-2-3-4-5-6-7-8-9-10-11-12-13-14-15-19-25-30-32-28-23-20-24-29(37(34,35)36)31(28)33(30)26-27-21-17-16-18-22-27/h16-18,20-24,30,32H,2-15,19,25-26H2,1H3,(H,34,35,36). The molecule has 0 saturated heterocycles. The van der Waals surface area contributed by atoms with Crippen LogP contribution in [0.25, 0.3) is 0 Å². The molecule has 2 aromatic carbocycles. The molecule has 1 aliphatic heterocycles. The summed E-state index contributed by atoms with van der Waals surface area (Å²) in [5.74, 6) is 0. The van der Waals surface area contributed by atoms with Crippen molar-refractivity contribution in [2.75, 3.05) is 10.2 Å². The molecule has 1 unspecified atom stereocenters. The molecule has 0 fully saturated rings. The maximum atomic E-state index is 12.1. The third-order valence-electron chi connectivity index (χ3n) is 7.54. The predicted octanol–water partition coefficient (Wildman–Crippen LogP) is 8.95. The zero-order valence-electron chi connectivity index (χ0n) is 22.8. The van der Waals surface area contributed by atoms with Gasteiger partial charge in [-0.05, 0) is 30.5 Å². The summed E-state index contributed by atoms with van der Waals surface area (Å²) >= 11 is 0. The summed E-state index contributed by atoms with van der Waals surface area (Å²) in [5, 5.41) is 3.52. The Hall–Kier alpha value is -2.05. The Morgan fingerprint density at radius 1 is 0.730 bits per heavy atom. The highest BCUT2D eigenvalue weighted by molar-refractivity contribution is 7.86. The number of unbranched alkanes of at least 4 members (excludes halogenated alkanes) is 14. The molecule has 3 rings (SSSR count). The van der Waals surface area contributed by atoms with Gasteiger partial charge >= 0.3 is 0 Å². The lowest BCUT2D eigenvalue weighted by atomic mass is 10.0. The summed E-state index contributed by atoms with van der Waals surface area (Å²) in [5.41, 5.74) is 2.47. The zero-order valence-corrected chi connectivity index (χ0v) is 23.7. The van der Waals surface area contributed by atoms with Gasteiger partial charge in [-0.15, -0.1) is 0 Å². The summed E-state index contributed by atoms with van der Waals surface area (Å²) in [4.78, 5) is 2.09. The highest BCUT2D eigenvalue weighted by Gasteiger charge is 2.33. The Balaban J connectivity index is 1.37. The van der Waals surface area contributed by atoms with Gasteiger partial charge in [-0.3, -0.25) is 4.55 Å². The van der Waals surface area contributed by atoms with Gasteiger partial charge < -0.3 is 10.2 Å². The number of benzene rings is 2. The van der Waals surface area contributed by atoms with Gasteiger partial charge in [-0.25, -0.2) is 0 Å². The van der Waals surface area contributed by atoms with Crippen molar-refractivity contribution in [1.82, 2.24) is 0 Å². The lowest BCUT2D eigenvalue weighted by molar-refractivity contribution is 0.482. The van der Waals surface area contributed by atoms with E-state index in [0.717, 1.165) is 24.1 Å². The lowest BCUT2D eigenvalue weighted by Gasteiger charge is -2.28. The predicted molar refractivity (Wildman–Crippen MR) is 156 cm³/mol. The first-order valence-corrected chi connectivity index (χ1v) is 16.1. The van der Waals surface area contributed by atoms with Crippen LogP contribution in [0, 0.1) is 0 Å². The fourth-order valence-electron chi connectivity index (χ4n) is 5.46. The molecule has 37 heavy (non-hydrogen) atoms. The van der Waals surface area contributed by atoms with Gasteiger partial charge in [0.1, 0.15) is 4.90 Å². The Labute approximate surface area is 225 Å². The van der Waals surface area contributed by atoms with Gasteiger partial charge in [0.05, 0.1) is 17.5 Å². The summed E-state index contributed by atoms with van der Waals surface area (Å²) < 4.78 is 34.1. The number of para-hydroxylation sites is 1. The number of rotatable bonds is 19. The quantitative estimate of drug-likeness (QED) is 0.141. The van der Waals surface area contributed by atoms with E-state index in [4.69, 9.17) is 0 Å². The third-order valence-corrected chi connectivity index (χ3v) is 8.42. The first-order chi connectivity index (χ1) is 18.0. The molecule has 0 saturated carbocycles. The van der Waals surface area contributed by atoms with Gasteiger partial charge in [0.25, 0.3) is 10.1 Å². The van der Waals surface area contributed by atoms with Crippen LogP contribution in [0.1, 0.15) is 115 Å². The molecule has 2 N–H and O–H groups in total. The second-order valence-corrected chi connectivity index (χ2v) is 12.0. The fraction of sp³-hybridized carbons (Fsp3) is 0.613. The van der Waals surface area contributed by atoms with Crippen molar-refractivity contribution >= 4 is 21.5 Å². The minimum Gasteiger partial charge on any atom is -0.363 e. The van der Waals surface area contributed by atoms with E-state index in [1.807, 2.05) is 24.3 Å². The van der Waals surface area contributed by atoms with E-state index in [0.29, 0.717) is 12.2 Å². The number of hydrogen-bond donors (Lipinski definition) is 2. The second-order valence-electron chi connectivity index (χ2n) is 10.6. The van der Waals surface area contributed by atoms with Crippen molar-refractivity contribution < 1.29 is 13.0 Å². The van der Waals surface area contributed by atoms with Crippen molar-refractivity contribution in [3.05, 3.63) is 54.1 Å². The summed E-state index contributed by atoms with van der Waals surface area (Å²) in [7, 11) is -4.31. The molecular formula is C31H48N2O3S. The van der Waals surface area contributed by atoms with Crippen LogP contribution in [0.15, 0.2) is 53.4 Å². The minimum atomic E-state index is -4.31. The minimum absolute atomic E-state index is 0.0140. The highest BCUT2D eigenvalue weighted by Crippen LogP contribution is 2.42. The maximum Gasteiger partial charge on any atom is 0.296 e. The first-order valence-electron chi connectivity index (χ1n) is 14.7. The van der Waals surface area contributed by atoms with E-state index < -0.39 is 10.1 Å². The summed E-state index contributed by atoms with van der Waals surface area (Å²) in [6, 6.07) is 15.2. The van der Waals surface area contributed by atoms with Gasteiger partial charge in [-0.1, -0.05) is 133 Å². The lowest BCUT2D eigenvalue weighted by Crippen LogP contribution is -2.35. The van der Waals surface area contributed by atoms with Gasteiger partial charge in [0.2, 0.25) is 0 Å². The topological polar surface area (TPSA) is 69.6 Å². The number of anilines is 2. The van der Waals surface area contributed by atoms with Crippen molar-refractivity contribution in [2.24, 2.45) is 0 Å². The van der Waals surface area contributed by atoms with Crippen LogP contribution in [0.5, 0.6) is 0 Å². The van der Waals surface area contributed by atoms with Crippen LogP contribution in [-0.2, 0) is 16.7 Å². The van der Waals surface area contributed by atoms with Gasteiger partial charge in [0.15, 0.2) is 0 Å². The van der Waals surface area contributed by atoms with Crippen LogP contribution >= 0.6 is 0 Å². The molecule has 5 nitrogen and oxygen atoms in total. The molecule has 6 heteroatoms. The van der Waals surface area contributed by atoms with Crippen molar-refractivity contribution in [3.63, 3.8) is 0 Å². The third kappa shape index (κ3) is 9.97. The van der Waals surface area contributed by atoms with Gasteiger partial charge in [0, 0.05) is 6.54 Å². The van der Waals surface area contributed by atoms with Crippen molar-refractivity contribution in [2.45, 2.75) is 127 Å². The highest BCUT2D eigenvalue weighted by atomic mass is 32.2. The first kappa shape index (κ1) is 29.5. The van der Waals surface area contributed by atoms with E-state index in [9.17, 15) is 13.0 Å². The fourth-order valence-corrected chi connectivity index (χ4v) is 6.18. The van der Waals surface area contributed by atoms with Crippen molar-refractivity contribution in [1.29, 1.82) is 0 Å². The van der Waals surface area contributed by atoms with E-state index in [2.05, 4.69) is 29.3 Å². The summed E-state index contributed by atoms with van der Waals surface area (Å²) in [6.07, 6.45) is 21.0. The molecule has 1 heterocycles. The van der Waals surface area contributed by atoms with E-state index >= 15 is 0 Å². The second kappa shape index (κ2) is 16.0. The average Bonchev–Trinajstić information content (AvgIpc) is 3.23. The summed E-state index contributed by atoms with van der Waals surface area (Å²) in [6.45, 7) is 2.87. The average molecular weight is 529 g/mol. The molecule has 0 spiro atoms. The Kier molecular flexibility index (Phi) is 12.8. The van der Waals surface area contributed by atoms with Gasteiger partial charge in [-0.2, -0.15) is 8.42 Å². The normalized spacial score (nSPS) is 15.1. The molecule has 2 aromatic rings. The SMILES string of the molecule is CCCCCCCCCCCCCCCCCC1Nc2cccc(S(=O)(=O)O)c2N1Cc1ccccc1. The van der Waals surface area contributed by atoms with E-state index in [1.54, 1.807) is 6.07 Å². The number of hydrogen-bond acceptors (Lipinski definition) is 4. The Bertz CT molecular complexity index is 1010. The number of nitrogens with zero attached hydrogens (tertiary/aromatic N) is 1. The largest absolute Gasteiger partial charge is 0.363 e. The number of nitrogens with one attached hydrogen (secondary N) is 1. The van der Waals surface area contributed by atoms with Crippen LogP contribution in [0.4, 0.5) is 11.4 Å². The Morgan fingerprint density at radius 3 is 1.81 bits per heavy atom. The molecule has 0 bridgehead atoms. The molecule has 0 aliphatic carbocycles. The smallest absolute Gasteiger partial charge is 0.296 e. The van der Waals surface area contributed by atoms with Crippen LogP contribution in [0.2, 0.25) is 0 Å². The molecule has 0 radical (unpaired) electrons. The monoisotopic (exact) mass is 528 g/mol. The molecule has 1 atom stereocenters. The molecular weight excluding hydrogens is 480 g/mol. The molecule has 206 valence electrons. The number of fused-ring (bicyclic) bond motifs is 1. The van der Waals surface area contributed by atoms with Crippen molar-refractivity contribution in [3.8, 4) is 0 Å². The molecule has 0 aromatic heterocycles.